The maximum Gasteiger partial charge on any atom is 0.410 e. The Balaban J connectivity index is 0.000000646. The van der Waals surface area contributed by atoms with Gasteiger partial charge >= 0.3 is 6.09 Å². The maximum atomic E-state index is 13.0. The van der Waals surface area contributed by atoms with E-state index in [9.17, 15) is 4.79 Å². The summed E-state index contributed by atoms with van der Waals surface area (Å²) >= 11 is 0. The number of hydrogen-bond acceptors (Lipinski definition) is 3. The van der Waals surface area contributed by atoms with Crippen molar-refractivity contribution in [3.8, 4) is 6.07 Å². The zero-order chi connectivity index (χ0) is 21.4. The second kappa shape index (κ2) is 8.49. The molecule has 1 saturated heterocycles. The van der Waals surface area contributed by atoms with Crippen molar-refractivity contribution in [2.75, 3.05) is 13.1 Å². The standard InChI is InChI=1S/C25H33NO2.C2H3N/c27-24(28-23-20-13-17-12-18(15-20)16-21(23)14-17)26-10-8-25(9-11-26)7-3-5-19-4-1-2-6-22(19)25;1-2-3/h1-2,4,6,17-18,20-21,23H,3,5,7-16H2;1H3. The first-order valence-electron chi connectivity index (χ1n) is 12.5. The highest BCUT2D eigenvalue weighted by atomic mass is 16.6. The Labute approximate surface area is 186 Å². The van der Waals surface area contributed by atoms with E-state index in [1.165, 1.54) is 58.3 Å². The van der Waals surface area contributed by atoms with E-state index in [4.69, 9.17) is 10.00 Å². The van der Waals surface area contributed by atoms with Gasteiger partial charge in [-0.15, -0.1) is 0 Å². The van der Waals surface area contributed by atoms with Crippen molar-refractivity contribution in [3.05, 3.63) is 35.4 Å². The molecule has 1 heterocycles. The summed E-state index contributed by atoms with van der Waals surface area (Å²) in [6.07, 6.45) is 12.9. The number of piperidine rings is 1. The van der Waals surface area contributed by atoms with Crippen molar-refractivity contribution in [2.24, 2.45) is 23.7 Å². The minimum Gasteiger partial charge on any atom is -0.446 e. The molecule has 1 aromatic carbocycles. The minimum atomic E-state index is -0.0172. The van der Waals surface area contributed by atoms with Gasteiger partial charge in [-0.2, -0.15) is 5.26 Å². The van der Waals surface area contributed by atoms with Gasteiger partial charge < -0.3 is 9.64 Å². The molecule has 0 unspecified atom stereocenters. The third kappa shape index (κ3) is 3.86. The molecule has 1 spiro atoms. The molecule has 4 bridgehead atoms. The van der Waals surface area contributed by atoms with Gasteiger partial charge in [0.05, 0.1) is 6.07 Å². The lowest BCUT2D eigenvalue weighted by Crippen LogP contribution is -2.52. The molecule has 166 valence electrons. The van der Waals surface area contributed by atoms with Gasteiger partial charge in [-0.3, -0.25) is 0 Å². The van der Waals surface area contributed by atoms with Crippen molar-refractivity contribution in [1.29, 1.82) is 5.26 Å². The zero-order valence-corrected chi connectivity index (χ0v) is 18.9. The average Bonchev–Trinajstić information content (AvgIpc) is 2.77. The summed E-state index contributed by atoms with van der Waals surface area (Å²) in [5.41, 5.74) is 3.41. The van der Waals surface area contributed by atoms with Crippen LogP contribution in [0, 0.1) is 35.0 Å². The van der Waals surface area contributed by atoms with Crippen LogP contribution in [0.3, 0.4) is 0 Å². The normalized spacial score (nSPS) is 34.3. The van der Waals surface area contributed by atoms with Crippen LogP contribution in [-0.2, 0) is 16.6 Å². The van der Waals surface area contributed by atoms with Crippen LogP contribution in [-0.4, -0.2) is 30.2 Å². The van der Waals surface area contributed by atoms with E-state index in [2.05, 4.69) is 24.3 Å². The number of carbonyl (C=O) groups excluding carboxylic acids is 1. The van der Waals surface area contributed by atoms with Crippen LogP contribution < -0.4 is 0 Å². The van der Waals surface area contributed by atoms with Crippen LogP contribution in [0.4, 0.5) is 4.79 Å². The first kappa shape index (κ1) is 20.9. The number of likely N-dealkylation sites (tertiary alicyclic amines) is 1. The Morgan fingerprint density at radius 2 is 1.65 bits per heavy atom. The number of benzene rings is 1. The third-order valence-corrected chi connectivity index (χ3v) is 9.05. The molecule has 0 radical (unpaired) electrons. The number of aryl methyl sites for hydroxylation is 1. The number of amides is 1. The summed E-state index contributed by atoms with van der Waals surface area (Å²) in [5.74, 6) is 3.17. The summed E-state index contributed by atoms with van der Waals surface area (Å²) in [6, 6.07) is 10.8. The monoisotopic (exact) mass is 420 g/mol. The highest BCUT2D eigenvalue weighted by Crippen LogP contribution is 2.55. The molecule has 7 rings (SSSR count). The lowest BCUT2D eigenvalue weighted by molar-refractivity contribution is -0.103. The predicted octanol–water partition coefficient (Wildman–Crippen LogP) is 5.85. The molecular weight excluding hydrogens is 384 g/mol. The van der Waals surface area contributed by atoms with Gasteiger partial charge in [0, 0.05) is 20.0 Å². The number of nitrogens with zero attached hydrogens (tertiary/aromatic N) is 2. The molecule has 6 aliphatic rings. The fourth-order valence-electron chi connectivity index (χ4n) is 7.90. The van der Waals surface area contributed by atoms with Gasteiger partial charge in [0.1, 0.15) is 6.10 Å². The second-order valence-corrected chi connectivity index (χ2v) is 10.8. The Morgan fingerprint density at radius 1 is 1.03 bits per heavy atom. The fourth-order valence-corrected chi connectivity index (χ4v) is 7.90. The van der Waals surface area contributed by atoms with Gasteiger partial charge in [0.25, 0.3) is 0 Å². The van der Waals surface area contributed by atoms with E-state index in [0.29, 0.717) is 17.3 Å². The van der Waals surface area contributed by atoms with Crippen LogP contribution in [0.15, 0.2) is 24.3 Å². The minimum absolute atomic E-state index is 0.0172. The van der Waals surface area contributed by atoms with Crippen LogP contribution >= 0.6 is 0 Å². The van der Waals surface area contributed by atoms with E-state index in [0.717, 1.165) is 37.8 Å². The predicted molar refractivity (Wildman–Crippen MR) is 120 cm³/mol. The molecule has 1 amide bonds. The highest BCUT2D eigenvalue weighted by molar-refractivity contribution is 5.68. The molecule has 31 heavy (non-hydrogen) atoms. The van der Waals surface area contributed by atoms with E-state index < -0.39 is 0 Å². The van der Waals surface area contributed by atoms with Crippen molar-refractivity contribution >= 4 is 6.09 Å². The summed E-state index contributed by atoms with van der Waals surface area (Å²) < 4.78 is 6.20. The summed E-state index contributed by atoms with van der Waals surface area (Å²) in [7, 11) is 0. The summed E-state index contributed by atoms with van der Waals surface area (Å²) in [4.78, 5) is 15.0. The molecule has 1 aromatic rings. The van der Waals surface area contributed by atoms with Crippen LogP contribution in [0.5, 0.6) is 0 Å². The van der Waals surface area contributed by atoms with E-state index in [-0.39, 0.29) is 12.2 Å². The number of carbonyl (C=O) groups is 1. The highest BCUT2D eigenvalue weighted by Gasteiger charge is 2.50. The molecule has 0 aromatic heterocycles. The lowest BCUT2D eigenvalue weighted by Gasteiger charge is -2.53. The van der Waals surface area contributed by atoms with Crippen LogP contribution in [0.1, 0.15) is 75.8 Å². The zero-order valence-electron chi connectivity index (χ0n) is 18.9. The second-order valence-electron chi connectivity index (χ2n) is 10.8. The molecule has 4 saturated carbocycles. The molecule has 0 atom stereocenters. The van der Waals surface area contributed by atoms with E-state index >= 15 is 0 Å². The number of nitriles is 1. The Hall–Kier alpha value is -2.02. The van der Waals surface area contributed by atoms with Gasteiger partial charge in [-0.05, 0) is 104 Å². The van der Waals surface area contributed by atoms with Crippen molar-refractivity contribution < 1.29 is 9.53 Å². The van der Waals surface area contributed by atoms with Gasteiger partial charge in [-0.25, -0.2) is 4.79 Å². The van der Waals surface area contributed by atoms with Crippen molar-refractivity contribution in [2.45, 2.75) is 82.7 Å². The number of hydrogen-bond donors (Lipinski definition) is 0. The Morgan fingerprint density at radius 3 is 2.29 bits per heavy atom. The Kier molecular flexibility index (Phi) is 5.71. The molecule has 4 nitrogen and oxygen atoms in total. The average molecular weight is 421 g/mol. The lowest BCUT2D eigenvalue weighted by atomic mass is 9.55. The molecule has 5 fully saturated rings. The van der Waals surface area contributed by atoms with Crippen LogP contribution in [0.25, 0.3) is 0 Å². The first-order chi connectivity index (χ1) is 15.1. The van der Waals surface area contributed by atoms with E-state index in [1.807, 2.05) is 4.90 Å². The smallest absolute Gasteiger partial charge is 0.410 e. The maximum absolute atomic E-state index is 13.0. The quantitative estimate of drug-likeness (QED) is 0.573. The van der Waals surface area contributed by atoms with Gasteiger partial charge in [-0.1, -0.05) is 24.3 Å². The molecule has 1 aliphatic heterocycles. The summed E-state index contributed by atoms with van der Waals surface area (Å²) in [5, 5.41) is 7.32. The third-order valence-electron chi connectivity index (χ3n) is 9.05. The number of rotatable bonds is 1. The largest absolute Gasteiger partial charge is 0.446 e. The Bertz CT molecular complexity index is 821. The van der Waals surface area contributed by atoms with E-state index in [1.54, 1.807) is 17.2 Å². The first-order valence-corrected chi connectivity index (χ1v) is 12.5. The van der Waals surface area contributed by atoms with Gasteiger partial charge in [0.2, 0.25) is 0 Å². The van der Waals surface area contributed by atoms with Gasteiger partial charge in [0.15, 0.2) is 0 Å². The fraction of sp³-hybridized carbons (Fsp3) is 0.704. The van der Waals surface area contributed by atoms with Crippen molar-refractivity contribution in [3.63, 3.8) is 0 Å². The van der Waals surface area contributed by atoms with Crippen LogP contribution in [0.2, 0.25) is 0 Å². The number of fused-ring (bicyclic) bond motifs is 2. The molecule has 4 heteroatoms. The number of ether oxygens (including phenoxy) is 1. The summed E-state index contributed by atoms with van der Waals surface area (Å²) in [6.45, 7) is 3.15. The molecule has 0 N–H and O–H groups in total. The molecule has 5 aliphatic carbocycles. The SMILES string of the molecule is CC#N.O=C(OC1C2CC3CC(C2)CC1C3)N1CCC2(CCCc3ccccc32)CC1. The van der Waals surface area contributed by atoms with Crippen molar-refractivity contribution in [1.82, 2.24) is 4.90 Å². The topological polar surface area (TPSA) is 53.3 Å². The molecular formula is C27H36N2O2.